The van der Waals surface area contributed by atoms with Crippen molar-refractivity contribution in [2.45, 2.75) is 13.5 Å². The molecule has 0 spiro atoms. The second kappa shape index (κ2) is 8.14. The Hall–Kier alpha value is -2.83. The molecule has 24 heavy (non-hydrogen) atoms. The molecule has 1 aromatic heterocycles. The first-order valence-electron chi connectivity index (χ1n) is 7.53. The molecule has 0 radical (unpaired) electrons. The molecular weight excluding hydrogens is 308 g/mol. The van der Waals surface area contributed by atoms with E-state index in [-0.39, 0.29) is 12.5 Å². The summed E-state index contributed by atoms with van der Waals surface area (Å²) in [6.45, 7) is 2.15. The topological polar surface area (TPSA) is 76.6 Å². The molecule has 2 aromatic rings. The highest BCUT2D eigenvalue weighted by Gasteiger charge is 2.07. The van der Waals surface area contributed by atoms with Gasteiger partial charge < -0.3 is 19.7 Å². The molecule has 0 aliphatic carbocycles. The molecule has 0 unspecified atom stereocenters. The third kappa shape index (κ3) is 5.12. The maximum Gasteiger partial charge on any atom is 0.258 e. The van der Waals surface area contributed by atoms with Crippen molar-refractivity contribution in [3.8, 4) is 11.5 Å². The summed E-state index contributed by atoms with van der Waals surface area (Å²) in [7, 11) is 5.33. The smallest absolute Gasteiger partial charge is 0.258 e. The lowest BCUT2D eigenvalue weighted by molar-refractivity contribution is -0.123. The van der Waals surface area contributed by atoms with Gasteiger partial charge in [-0.3, -0.25) is 4.79 Å². The maximum atomic E-state index is 11.9. The average Bonchev–Trinajstić information content (AvgIpc) is 2.57. The molecule has 0 saturated heterocycles. The zero-order chi connectivity index (χ0) is 17.5. The van der Waals surface area contributed by atoms with Crippen molar-refractivity contribution < 1.29 is 14.3 Å². The van der Waals surface area contributed by atoms with E-state index in [0.717, 1.165) is 11.4 Å². The normalized spacial score (nSPS) is 10.2. The van der Waals surface area contributed by atoms with E-state index in [1.54, 1.807) is 25.3 Å². The van der Waals surface area contributed by atoms with Crippen LogP contribution in [0.15, 0.2) is 30.3 Å². The van der Waals surface area contributed by atoms with E-state index in [1.165, 1.54) is 0 Å². The van der Waals surface area contributed by atoms with Crippen molar-refractivity contribution in [1.82, 2.24) is 15.3 Å². The number of hydrogen-bond acceptors (Lipinski definition) is 6. The first kappa shape index (κ1) is 17.5. The molecule has 1 heterocycles. The molecule has 7 nitrogen and oxygen atoms in total. The van der Waals surface area contributed by atoms with E-state index in [0.29, 0.717) is 24.0 Å². The largest absolute Gasteiger partial charge is 0.497 e. The van der Waals surface area contributed by atoms with Gasteiger partial charge in [-0.1, -0.05) is 6.07 Å². The minimum absolute atomic E-state index is 0.0717. The number of ether oxygens (including phenoxy) is 2. The number of methoxy groups -OCH3 is 1. The summed E-state index contributed by atoms with van der Waals surface area (Å²) in [5.41, 5.74) is 1.60. The lowest BCUT2D eigenvalue weighted by atomic mass is 10.3. The molecule has 0 saturated carbocycles. The Morgan fingerprint density at radius 3 is 2.67 bits per heavy atom. The number of anilines is 1. The van der Waals surface area contributed by atoms with Crippen molar-refractivity contribution in [3.63, 3.8) is 0 Å². The van der Waals surface area contributed by atoms with E-state index in [4.69, 9.17) is 9.47 Å². The molecule has 0 bridgehead atoms. The second-order valence-electron chi connectivity index (χ2n) is 5.44. The Bertz CT molecular complexity index is 704. The van der Waals surface area contributed by atoms with Crippen LogP contribution in [0.1, 0.15) is 11.4 Å². The van der Waals surface area contributed by atoms with Crippen LogP contribution in [0.25, 0.3) is 0 Å². The van der Waals surface area contributed by atoms with Gasteiger partial charge in [0, 0.05) is 25.9 Å². The van der Waals surface area contributed by atoms with Crippen molar-refractivity contribution in [2.75, 3.05) is 32.7 Å². The fourth-order valence-corrected chi connectivity index (χ4v) is 1.99. The molecule has 0 aliphatic rings. The summed E-state index contributed by atoms with van der Waals surface area (Å²) >= 11 is 0. The van der Waals surface area contributed by atoms with E-state index in [2.05, 4.69) is 15.3 Å². The van der Waals surface area contributed by atoms with Gasteiger partial charge >= 0.3 is 0 Å². The van der Waals surface area contributed by atoms with Crippen LogP contribution in [0.5, 0.6) is 11.5 Å². The fraction of sp³-hybridized carbons (Fsp3) is 0.353. The number of hydrogen-bond donors (Lipinski definition) is 1. The van der Waals surface area contributed by atoms with E-state index in [1.807, 2.05) is 38.1 Å². The summed E-state index contributed by atoms with van der Waals surface area (Å²) in [6, 6.07) is 8.96. The fourth-order valence-electron chi connectivity index (χ4n) is 1.99. The second-order valence-corrected chi connectivity index (χ2v) is 5.44. The third-order valence-electron chi connectivity index (χ3n) is 3.17. The van der Waals surface area contributed by atoms with Gasteiger partial charge in [0.2, 0.25) is 5.95 Å². The van der Waals surface area contributed by atoms with Crippen LogP contribution in [0.3, 0.4) is 0 Å². The van der Waals surface area contributed by atoms with E-state index in [9.17, 15) is 4.79 Å². The molecule has 1 N–H and O–H groups in total. The average molecular weight is 330 g/mol. The third-order valence-corrected chi connectivity index (χ3v) is 3.17. The number of aryl methyl sites for hydroxylation is 1. The van der Waals surface area contributed by atoms with Crippen LogP contribution >= 0.6 is 0 Å². The van der Waals surface area contributed by atoms with Gasteiger partial charge in [-0.25, -0.2) is 9.97 Å². The Labute approximate surface area is 141 Å². The van der Waals surface area contributed by atoms with Gasteiger partial charge in [-0.05, 0) is 25.1 Å². The molecule has 1 aromatic carbocycles. The van der Waals surface area contributed by atoms with Crippen LogP contribution in [0.2, 0.25) is 0 Å². The first-order valence-corrected chi connectivity index (χ1v) is 7.53. The lowest BCUT2D eigenvalue weighted by Gasteiger charge is -2.13. The maximum absolute atomic E-state index is 11.9. The highest BCUT2D eigenvalue weighted by Crippen LogP contribution is 2.18. The van der Waals surface area contributed by atoms with Gasteiger partial charge in [0.15, 0.2) is 6.61 Å². The van der Waals surface area contributed by atoms with Crippen molar-refractivity contribution in [2.24, 2.45) is 0 Å². The number of amides is 1. The van der Waals surface area contributed by atoms with Gasteiger partial charge in [-0.15, -0.1) is 0 Å². The molecular formula is C17H22N4O3. The molecule has 7 heteroatoms. The van der Waals surface area contributed by atoms with Gasteiger partial charge in [-0.2, -0.15) is 0 Å². The molecule has 1 amide bonds. The minimum atomic E-state index is -0.222. The number of aromatic nitrogens is 2. The Morgan fingerprint density at radius 1 is 1.21 bits per heavy atom. The summed E-state index contributed by atoms with van der Waals surface area (Å²) in [6.07, 6.45) is 0. The van der Waals surface area contributed by atoms with E-state index >= 15 is 0 Å². The van der Waals surface area contributed by atoms with E-state index < -0.39 is 0 Å². The lowest BCUT2D eigenvalue weighted by Crippen LogP contribution is -2.29. The number of benzene rings is 1. The minimum Gasteiger partial charge on any atom is -0.497 e. The zero-order valence-electron chi connectivity index (χ0n) is 14.4. The zero-order valence-corrected chi connectivity index (χ0v) is 14.4. The molecule has 0 aliphatic heterocycles. The van der Waals surface area contributed by atoms with Gasteiger partial charge in [0.1, 0.15) is 11.5 Å². The van der Waals surface area contributed by atoms with Crippen LogP contribution in [0.4, 0.5) is 5.95 Å². The van der Waals surface area contributed by atoms with Crippen LogP contribution in [-0.4, -0.2) is 43.7 Å². The number of nitrogens with zero attached hydrogens (tertiary/aromatic N) is 3. The number of carbonyl (C=O) groups excluding carboxylic acids is 1. The molecule has 0 atom stereocenters. The van der Waals surface area contributed by atoms with Crippen LogP contribution < -0.4 is 19.7 Å². The summed E-state index contributed by atoms with van der Waals surface area (Å²) in [4.78, 5) is 22.5. The highest BCUT2D eigenvalue weighted by atomic mass is 16.5. The molecule has 2 rings (SSSR count). The SMILES string of the molecule is COc1cccc(OCC(=O)NCc2cc(C)nc(N(C)C)n2)c1. The van der Waals surface area contributed by atoms with Crippen molar-refractivity contribution in [3.05, 3.63) is 41.7 Å². The number of carbonyl (C=O) groups is 1. The predicted octanol–water partition coefficient (Wildman–Crippen LogP) is 1.55. The monoisotopic (exact) mass is 330 g/mol. The van der Waals surface area contributed by atoms with Gasteiger partial charge in [0.05, 0.1) is 19.3 Å². The standard InChI is InChI=1S/C17H22N4O3/c1-12-8-13(20-17(19-12)21(2)3)10-18-16(22)11-24-15-7-5-6-14(9-15)23-4/h5-9H,10-11H2,1-4H3,(H,18,22). The number of nitrogens with one attached hydrogen (secondary N) is 1. The van der Waals surface area contributed by atoms with Crippen LogP contribution in [0, 0.1) is 6.92 Å². The highest BCUT2D eigenvalue weighted by molar-refractivity contribution is 5.77. The van der Waals surface area contributed by atoms with Gasteiger partial charge in [0.25, 0.3) is 5.91 Å². The number of rotatable bonds is 7. The van der Waals surface area contributed by atoms with Crippen molar-refractivity contribution in [1.29, 1.82) is 0 Å². The summed E-state index contributed by atoms with van der Waals surface area (Å²) in [5, 5.41) is 2.79. The quantitative estimate of drug-likeness (QED) is 0.830. The van der Waals surface area contributed by atoms with Crippen LogP contribution in [-0.2, 0) is 11.3 Å². The molecule has 128 valence electrons. The van der Waals surface area contributed by atoms with Crippen molar-refractivity contribution >= 4 is 11.9 Å². The predicted molar refractivity (Wildman–Crippen MR) is 91.4 cm³/mol. The molecule has 0 fully saturated rings. The summed E-state index contributed by atoms with van der Waals surface area (Å²) in [5.74, 6) is 1.66. The Kier molecular flexibility index (Phi) is 5.95. The first-order chi connectivity index (χ1) is 11.5. The summed E-state index contributed by atoms with van der Waals surface area (Å²) < 4.78 is 10.6. The Balaban J connectivity index is 1.87. The Morgan fingerprint density at radius 2 is 1.96 bits per heavy atom.